The number of carbonyl (C=O) groups excluding carboxylic acids is 1. The van der Waals surface area contributed by atoms with E-state index in [-0.39, 0.29) is 17.0 Å². The van der Waals surface area contributed by atoms with E-state index in [2.05, 4.69) is 5.32 Å². The number of hydrogen-bond acceptors (Lipinski definition) is 3. The van der Waals surface area contributed by atoms with Crippen molar-refractivity contribution < 1.29 is 19.1 Å². The summed E-state index contributed by atoms with van der Waals surface area (Å²) in [4.78, 5) is 22.8. The van der Waals surface area contributed by atoms with Gasteiger partial charge >= 0.3 is 5.97 Å². The summed E-state index contributed by atoms with van der Waals surface area (Å²) in [6.45, 7) is 0. The minimum atomic E-state index is -1.14. The van der Waals surface area contributed by atoms with Crippen molar-refractivity contribution in [3.8, 4) is 0 Å². The molecule has 0 aliphatic carbocycles. The third-order valence-corrected chi connectivity index (χ3v) is 3.27. The van der Waals surface area contributed by atoms with Crippen LogP contribution in [0, 0.1) is 5.82 Å². The molecule has 104 valence electrons. The van der Waals surface area contributed by atoms with E-state index in [0.717, 1.165) is 6.07 Å². The second-order valence-electron chi connectivity index (χ2n) is 3.77. The first kappa shape index (κ1) is 15.8. The number of carboxylic acid groups (broad SMARTS) is 1. The highest BCUT2D eigenvalue weighted by Crippen LogP contribution is 2.15. The lowest BCUT2D eigenvalue weighted by atomic mass is 10.1. The Hall–Kier alpha value is -1.27. The molecule has 19 heavy (non-hydrogen) atoms. The lowest BCUT2D eigenvalue weighted by molar-refractivity contribution is -0.139. The van der Waals surface area contributed by atoms with Gasteiger partial charge in [-0.15, -0.1) is 0 Å². The highest BCUT2D eigenvalue weighted by atomic mass is 35.5. The molecule has 0 saturated carbocycles. The molecule has 0 unspecified atom stereocenters. The molecule has 1 atom stereocenters. The fourth-order valence-corrected chi connectivity index (χ4v) is 2.03. The van der Waals surface area contributed by atoms with Crippen LogP contribution in [0.15, 0.2) is 18.2 Å². The number of benzene rings is 1. The second kappa shape index (κ2) is 7.35. The molecule has 0 aromatic heterocycles. The van der Waals surface area contributed by atoms with Crippen LogP contribution in [0.4, 0.5) is 4.39 Å². The van der Waals surface area contributed by atoms with Gasteiger partial charge in [0.15, 0.2) is 0 Å². The number of amides is 1. The molecular weight excluding hydrogens is 293 g/mol. The zero-order valence-corrected chi connectivity index (χ0v) is 11.7. The maximum absolute atomic E-state index is 13.5. The molecule has 1 aromatic rings. The van der Waals surface area contributed by atoms with Crippen molar-refractivity contribution in [1.29, 1.82) is 0 Å². The van der Waals surface area contributed by atoms with Gasteiger partial charge in [-0.1, -0.05) is 11.6 Å². The summed E-state index contributed by atoms with van der Waals surface area (Å²) in [6, 6.07) is 2.57. The van der Waals surface area contributed by atoms with Gasteiger partial charge in [-0.2, -0.15) is 11.8 Å². The largest absolute Gasteiger partial charge is 0.480 e. The summed E-state index contributed by atoms with van der Waals surface area (Å²) >= 11 is 7.05. The van der Waals surface area contributed by atoms with Gasteiger partial charge in [0.2, 0.25) is 0 Å². The summed E-state index contributed by atoms with van der Waals surface area (Å²) in [6.07, 6.45) is 2.11. The Morgan fingerprint density at radius 3 is 2.74 bits per heavy atom. The molecule has 2 N–H and O–H groups in total. The first-order valence-corrected chi connectivity index (χ1v) is 7.20. The van der Waals surface area contributed by atoms with Crippen molar-refractivity contribution in [2.24, 2.45) is 0 Å². The lowest BCUT2D eigenvalue weighted by Gasteiger charge is -2.14. The number of halogens is 2. The maximum atomic E-state index is 13.5. The highest BCUT2D eigenvalue weighted by molar-refractivity contribution is 7.98. The lowest BCUT2D eigenvalue weighted by Crippen LogP contribution is -2.41. The molecule has 0 spiro atoms. The Bertz CT molecular complexity index is 484. The predicted octanol–water partition coefficient (Wildman–Crippen LogP) is 2.42. The van der Waals surface area contributed by atoms with E-state index in [9.17, 15) is 14.0 Å². The number of rotatable bonds is 6. The fraction of sp³-hybridized carbons (Fsp3) is 0.333. The van der Waals surface area contributed by atoms with E-state index in [1.54, 1.807) is 0 Å². The molecule has 0 saturated heterocycles. The zero-order valence-electron chi connectivity index (χ0n) is 10.2. The Morgan fingerprint density at radius 1 is 1.53 bits per heavy atom. The van der Waals surface area contributed by atoms with Gasteiger partial charge in [0, 0.05) is 5.02 Å². The molecule has 1 aromatic carbocycles. The maximum Gasteiger partial charge on any atom is 0.326 e. The molecule has 7 heteroatoms. The van der Waals surface area contributed by atoms with Crippen LogP contribution in [0.5, 0.6) is 0 Å². The van der Waals surface area contributed by atoms with Gasteiger partial charge < -0.3 is 10.4 Å². The van der Waals surface area contributed by atoms with E-state index in [1.807, 2.05) is 6.26 Å². The van der Waals surface area contributed by atoms with Crippen LogP contribution < -0.4 is 5.32 Å². The van der Waals surface area contributed by atoms with Gasteiger partial charge in [0.25, 0.3) is 5.91 Å². The van der Waals surface area contributed by atoms with Gasteiger partial charge in [0.05, 0.1) is 5.56 Å². The number of thioether (sulfide) groups is 1. The van der Waals surface area contributed by atoms with E-state index < -0.39 is 23.7 Å². The predicted molar refractivity (Wildman–Crippen MR) is 73.3 cm³/mol. The Labute approximate surface area is 119 Å². The van der Waals surface area contributed by atoms with Crippen molar-refractivity contribution in [3.05, 3.63) is 34.6 Å². The Balaban J connectivity index is 2.78. The zero-order chi connectivity index (χ0) is 14.4. The van der Waals surface area contributed by atoms with E-state index in [0.29, 0.717) is 5.75 Å². The first-order chi connectivity index (χ1) is 8.95. The van der Waals surface area contributed by atoms with Crippen molar-refractivity contribution in [3.63, 3.8) is 0 Å². The molecular formula is C12H13ClFNO3S. The second-order valence-corrected chi connectivity index (χ2v) is 5.19. The van der Waals surface area contributed by atoms with Crippen molar-refractivity contribution >= 4 is 35.2 Å². The van der Waals surface area contributed by atoms with Crippen molar-refractivity contribution in [1.82, 2.24) is 5.32 Å². The van der Waals surface area contributed by atoms with Gasteiger partial charge in [-0.05, 0) is 36.6 Å². The first-order valence-electron chi connectivity index (χ1n) is 5.43. The normalized spacial score (nSPS) is 11.9. The SMILES string of the molecule is CSCC[C@H](NC(=O)c1ccc(Cl)cc1F)C(=O)O. The molecule has 4 nitrogen and oxygen atoms in total. The number of aliphatic carboxylic acids is 1. The average Bonchev–Trinajstić information content (AvgIpc) is 2.33. The molecule has 0 radical (unpaired) electrons. The number of carbonyl (C=O) groups is 2. The molecule has 0 heterocycles. The summed E-state index contributed by atoms with van der Waals surface area (Å²) in [5, 5.41) is 11.4. The van der Waals surface area contributed by atoms with Crippen molar-refractivity contribution in [2.45, 2.75) is 12.5 Å². The summed E-state index contributed by atoms with van der Waals surface area (Å²) in [5.41, 5.74) is -0.222. The summed E-state index contributed by atoms with van der Waals surface area (Å²) in [5.74, 6) is -2.10. The summed E-state index contributed by atoms with van der Waals surface area (Å²) in [7, 11) is 0. The molecule has 1 amide bonds. The van der Waals surface area contributed by atoms with Crippen LogP contribution in [0.25, 0.3) is 0 Å². The summed E-state index contributed by atoms with van der Waals surface area (Å²) < 4.78 is 13.5. The third-order valence-electron chi connectivity index (χ3n) is 2.39. The molecule has 1 rings (SSSR count). The van der Waals surface area contributed by atoms with Crippen LogP contribution in [0.1, 0.15) is 16.8 Å². The van der Waals surface area contributed by atoms with Crippen LogP contribution >= 0.6 is 23.4 Å². The molecule has 0 aliphatic heterocycles. The van der Waals surface area contributed by atoms with Crippen LogP contribution in [-0.2, 0) is 4.79 Å². The van der Waals surface area contributed by atoms with Gasteiger partial charge in [-0.25, -0.2) is 9.18 Å². The van der Waals surface area contributed by atoms with E-state index in [4.69, 9.17) is 16.7 Å². The minimum absolute atomic E-state index is 0.172. The minimum Gasteiger partial charge on any atom is -0.480 e. The topological polar surface area (TPSA) is 66.4 Å². The fourth-order valence-electron chi connectivity index (χ4n) is 1.40. The average molecular weight is 306 g/mol. The number of nitrogens with one attached hydrogen (secondary N) is 1. The molecule has 0 fully saturated rings. The standard InChI is InChI=1S/C12H13ClFNO3S/c1-19-5-4-10(12(17)18)15-11(16)8-3-2-7(13)6-9(8)14/h2-3,6,10H,4-5H2,1H3,(H,15,16)(H,17,18)/t10-/m0/s1. The molecule has 0 aliphatic rings. The monoisotopic (exact) mass is 305 g/mol. The van der Waals surface area contributed by atoms with Gasteiger partial charge in [0.1, 0.15) is 11.9 Å². The number of hydrogen-bond donors (Lipinski definition) is 2. The number of carboxylic acids is 1. The van der Waals surface area contributed by atoms with E-state index >= 15 is 0 Å². The quantitative estimate of drug-likeness (QED) is 0.847. The van der Waals surface area contributed by atoms with Crippen LogP contribution in [-0.4, -0.2) is 35.0 Å². The Morgan fingerprint density at radius 2 is 2.21 bits per heavy atom. The van der Waals surface area contributed by atoms with Crippen LogP contribution in [0.3, 0.4) is 0 Å². The highest BCUT2D eigenvalue weighted by Gasteiger charge is 2.21. The van der Waals surface area contributed by atoms with Crippen LogP contribution in [0.2, 0.25) is 5.02 Å². The van der Waals surface area contributed by atoms with Crippen molar-refractivity contribution in [2.75, 3.05) is 12.0 Å². The smallest absolute Gasteiger partial charge is 0.326 e. The Kier molecular flexibility index (Phi) is 6.11. The van der Waals surface area contributed by atoms with E-state index in [1.165, 1.54) is 23.9 Å². The van der Waals surface area contributed by atoms with Gasteiger partial charge in [-0.3, -0.25) is 4.79 Å². The molecule has 0 bridgehead atoms. The third kappa shape index (κ3) is 4.72.